The Morgan fingerprint density at radius 3 is 2.15 bits per heavy atom. The van der Waals surface area contributed by atoms with Gasteiger partial charge in [-0.1, -0.05) is 40.2 Å². The van der Waals surface area contributed by atoms with Crippen LogP contribution in [0.15, 0.2) is 0 Å². The second-order valence-electron chi connectivity index (χ2n) is 4.99. The highest BCUT2D eigenvalue weighted by Crippen LogP contribution is 2.33. The Bertz CT molecular complexity index is 150. The molecule has 1 saturated heterocycles. The van der Waals surface area contributed by atoms with Crippen LogP contribution in [0.1, 0.15) is 40.0 Å². The van der Waals surface area contributed by atoms with Gasteiger partial charge in [0.2, 0.25) is 0 Å². The smallest absolute Gasteiger partial charge is 0.125 e. The van der Waals surface area contributed by atoms with E-state index in [4.69, 9.17) is 0 Å². The molecule has 0 aromatic carbocycles. The first kappa shape index (κ1) is 11.3. The van der Waals surface area contributed by atoms with Gasteiger partial charge in [-0.3, -0.25) is 0 Å². The summed E-state index contributed by atoms with van der Waals surface area (Å²) in [6.07, 6.45) is 4.31. The lowest BCUT2D eigenvalue weighted by Crippen LogP contribution is -2.52. The average Bonchev–Trinajstić information content (AvgIpc) is 2.48. The molecule has 0 N–H and O–H groups in total. The largest absolute Gasteiger partial charge is 0.321 e. The van der Waals surface area contributed by atoms with Gasteiger partial charge in [-0.2, -0.15) is 0 Å². The van der Waals surface area contributed by atoms with Crippen molar-refractivity contribution in [3.63, 3.8) is 0 Å². The molecule has 78 valence electrons. The van der Waals surface area contributed by atoms with Crippen LogP contribution in [0.3, 0.4) is 0 Å². The van der Waals surface area contributed by atoms with Crippen LogP contribution in [0.4, 0.5) is 0 Å². The van der Waals surface area contributed by atoms with Gasteiger partial charge in [0.15, 0.2) is 0 Å². The first-order valence-electron chi connectivity index (χ1n) is 5.87. The molecule has 0 amide bonds. The fraction of sp³-hybridized carbons (Fsp3) is 1.00. The second-order valence-corrected chi connectivity index (χ2v) is 9.56. The molecule has 2 heteroatoms. The standard InChI is InChI=1S/C11H25NSi/c1-5-8-12(11(2)3)13(4)9-6-7-10-13/h11H,5-10H2,1-4H3. The molecule has 0 aliphatic carbocycles. The van der Waals surface area contributed by atoms with Crippen molar-refractivity contribution in [3.8, 4) is 0 Å². The lowest BCUT2D eigenvalue weighted by atomic mass is 10.4. The molecule has 1 aliphatic heterocycles. The Morgan fingerprint density at radius 1 is 1.23 bits per heavy atom. The van der Waals surface area contributed by atoms with Crippen molar-refractivity contribution in [1.82, 2.24) is 4.57 Å². The van der Waals surface area contributed by atoms with Crippen LogP contribution in [0.5, 0.6) is 0 Å². The topological polar surface area (TPSA) is 3.24 Å². The minimum atomic E-state index is -0.966. The lowest BCUT2D eigenvalue weighted by molar-refractivity contribution is 0.350. The molecule has 0 aromatic rings. The van der Waals surface area contributed by atoms with E-state index in [0.29, 0.717) is 0 Å². The molecule has 0 radical (unpaired) electrons. The molecule has 1 aliphatic rings. The van der Waals surface area contributed by atoms with Crippen molar-refractivity contribution < 1.29 is 0 Å². The molecular weight excluding hydrogens is 174 g/mol. The van der Waals surface area contributed by atoms with Crippen molar-refractivity contribution in [2.45, 2.75) is 64.7 Å². The highest BCUT2D eigenvalue weighted by Gasteiger charge is 2.38. The van der Waals surface area contributed by atoms with E-state index in [1.807, 2.05) is 0 Å². The SMILES string of the molecule is CCCN(C(C)C)[Si]1(C)CCCC1. The summed E-state index contributed by atoms with van der Waals surface area (Å²) < 4.78 is 2.85. The molecule has 13 heavy (non-hydrogen) atoms. The Morgan fingerprint density at radius 2 is 1.77 bits per heavy atom. The van der Waals surface area contributed by atoms with Crippen LogP contribution < -0.4 is 0 Å². The molecule has 1 fully saturated rings. The van der Waals surface area contributed by atoms with Gasteiger partial charge in [0.05, 0.1) is 0 Å². The van der Waals surface area contributed by atoms with Crippen LogP contribution in [-0.4, -0.2) is 25.4 Å². The monoisotopic (exact) mass is 199 g/mol. The zero-order valence-corrected chi connectivity index (χ0v) is 10.8. The van der Waals surface area contributed by atoms with Crippen molar-refractivity contribution in [2.24, 2.45) is 0 Å². The van der Waals surface area contributed by atoms with Crippen molar-refractivity contribution in [2.75, 3.05) is 6.54 Å². The Labute approximate surface area is 84.6 Å². The zero-order chi connectivity index (χ0) is 9.90. The van der Waals surface area contributed by atoms with Gasteiger partial charge < -0.3 is 4.57 Å². The molecule has 1 rings (SSSR count). The fourth-order valence-electron chi connectivity index (χ4n) is 2.82. The van der Waals surface area contributed by atoms with Crippen LogP contribution in [0.25, 0.3) is 0 Å². The zero-order valence-electron chi connectivity index (χ0n) is 9.77. The normalized spacial score (nSPS) is 21.7. The van der Waals surface area contributed by atoms with E-state index in [1.54, 1.807) is 12.1 Å². The molecule has 0 atom stereocenters. The first-order chi connectivity index (χ1) is 6.10. The van der Waals surface area contributed by atoms with Crippen LogP contribution in [-0.2, 0) is 0 Å². The van der Waals surface area contributed by atoms with Gasteiger partial charge in [-0.25, -0.2) is 0 Å². The van der Waals surface area contributed by atoms with E-state index < -0.39 is 8.24 Å². The summed E-state index contributed by atoms with van der Waals surface area (Å²) in [5.41, 5.74) is 0. The van der Waals surface area contributed by atoms with Crippen molar-refractivity contribution >= 4 is 8.24 Å². The molecule has 1 nitrogen and oxygen atoms in total. The quantitative estimate of drug-likeness (QED) is 0.627. The van der Waals surface area contributed by atoms with Gasteiger partial charge in [-0.05, 0) is 31.1 Å². The van der Waals surface area contributed by atoms with Crippen LogP contribution in [0, 0.1) is 0 Å². The summed E-state index contributed by atoms with van der Waals surface area (Å²) in [6.45, 7) is 11.0. The Hall–Kier alpha value is 0.177. The van der Waals surface area contributed by atoms with Crippen LogP contribution in [0.2, 0.25) is 18.6 Å². The van der Waals surface area contributed by atoms with Gasteiger partial charge >= 0.3 is 0 Å². The van der Waals surface area contributed by atoms with E-state index in [9.17, 15) is 0 Å². The molecule has 1 heterocycles. The first-order valence-corrected chi connectivity index (χ1v) is 8.73. The summed E-state index contributed by atoms with van der Waals surface area (Å²) in [5.74, 6) is 0. The van der Waals surface area contributed by atoms with E-state index in [2.05, 4.69) is 31.9 Å². The molecule has 0 unspecified atom stereocenters. The maximum atomic E-state index is 2.85. The highest BCUT2D eigenvalue weighted by molar-refractivity contribution is 6.76. The minimum absolute atomic E-state index is 0.773. The molecule has 0 aromatic heterocycles. The second kappa shape index (κ2) is 4.60. The molecular formula is C11H25NSi. The maximum Gasteiger partial charge on any atom is 0.125 e. The van der Waals surface area contributed by atoms with Crippen LogP contribution >= 0.6 is 0 Å². The van der Waals surface area contributed by atoms with Gasteiger partial charge in [0.1, 0.15) is 8.24 Å². The Kier molecular flexibility index (Phi) is 3.99. The molecule has 0 spiro atoms. The number of rotatable bonds is 4. The summed E-state index contributed by atoms with van der Waals surface area (Å²) in [7, 11) is -0.966. The van der Waals surface area contributed by atoms with E-state index in [0.717, 1.165) is 6.04 Å². The minimum Gasteiger partial charge on any atom is -0.321 e. The van der Waals surface area contributed by atoms with Crippen molar-refractivity contribution in [1.29, 1.82) is 0 Å². The third-order valence-corrected chi connectivity index (χ3v) is 8.45. The van der Waals surface area contributed by atoms with E-state index >= 15 is 0 Å². The highest BCUT2D eigenvalue weighted by atomic mass is 28.3. The predicted molar refractivity (Wildman–Crippen MR) is 62.6 cm³/mol. The third-order valence-electron chi connectivity index (χ3n) is 3.46. The molecule has 0 bridgehead atoms. The predicted octanol–water partition coefficient (Wildman–Crippen LogP) is 3.48. The summed E-state index contributed by atoms with van der Waals surface area (Å²) in [5, 5.41) is 0. The Balaban J connectivity index is 2.61. The summed E-state index contributed by atoms with van der Waals surface area (Å²) in [6, 6.07) is 3.87. The van der Waals surface area contributed by atoms with E-state index in [1.165, 1.54) is 25.8 Å². The summed E-state index contributed by atoms with van der Waals surface area (Å²) >= 11 is 0. The van der Waals surface area contributed by atoms with Gasteiger partial charge in [-0.15, -0.1) is 0 Å². The van der Waals surface area contributed by atoms with Gasteiger partial charge in [0, 0.05) is 0 Å². The molecule has 0 saturated carbocycles. The summed E-state index contributed by atoms with van der Waals surface area (Å²) in [4.78, 5) is 0. The maximum absolute atomic E-state index is 2.85. The third kappa shape index (κ3) is 2.56. The van der Waals surface area contributed by atoms with Crippen molar-refractivity contribution in [3.05, 3.63) is 0 Å². The number of hydrogen-bond acceptors (Lipinski definition) is 1. The number of hydrogen-bond donors (Lipinski definition) is 0. The average molecular weight is 199 g/mol. The van der Waals surface area contributed by atoms with Gasteiger partial charge in [0.25, 0.3) is 0 Å². The fourth-order valence-corrected chi connectivity index (χ4v) is 7.67. The van der Waals surface area contributed by atoms with E-state index in [-0.39, 0.29) is 0 Å². The number of nitrogens with zero attached hydrogens (tertiary/aromatic N) is 1. The lowest BCUT2D eigenvalue weighted by Gasteiger charge is -2.40.